The van der Waals surface area contributed by atoms with Gasteiger partial charge in [0.25, 0.3) is 0 Å². The second-order valence-electron chi connectivity index (χ2n) is 4.89. The molecule has 0 bridgehead atoms. The minimum absolute atomic E-state index is 0.0273. The zero-order valence-corrected chi connectivity index (χ0v) is 12.0. The summed E-state index contributed by atoms with van der Waals surface area (Å²) in [6.45, 7) is -3.21. The van der Waals surface area contributed by atoms with Gasteiger partial charge in [-0.15, -0.1) is 0 Å². The van der Waals surface area contributed by atoms with Crippen LogP contribution in [0.15, 0.2) is 18.2 Å². The fraction of sp³-hybridized carbons (Fsp3) is 0.417. The highest BCUT2D eigenvalue weighted by Gasteiger charge is 2.34. The molecule has 6 nitrogen and oxygen atoms in total. The minimum Gasteiger partial charge on any atom is -0.432 e. The van der Waals surface area contributed by atoms with E-state index in [2.05, 4.69) is 4.74 Å². The van der Waals surface area contributed by atoms with E-state index in [1.54, 1.807) is 0 Å². The molecule has 1 aromatic rings. The molecular formula is C12H13F3N2O4S. The zero-order chi connectivity index (χ0) is 16.5. The van der Waals surface area contributed by atoms with E-state index in [4.69, 9.17) is 5.14 Å². The number of nitrogens with zero attached hydrogens (tertiary/aromatic N) is 1. The molecule has 2 N–H and O–H groups in total. The van der Waals surface area contributed by atoms with Crippen LogP contribution in [0.1, 0.15) is 6.42 Å². The number of alkyl halides is 2. The number of amides is 1. The van der Waals surface area contributed by atoms with Crippen LogP contribution in [0.2, 0.25) is 0 Å². The molecule has 22 heavy (non-hydrogen) atoms. The van der Waals surface area contributed by atoms with Gasteiger partial charge < -0.3 is 9.64 Å². The van der Waals surface area contributed by atoms with Gasteiger partial charge in [-0.05, 0) is 12.1 Å². The van der Waals surface area contributed by atoms with Crippen LogP contribution in [0.5, 0.6) is 5.75 Å². The normalized spacial score (nSPS) is 19.0. The number of rotatable bonds is 5. The van der Waals surface area contributed by atoms with Crippen molar-refractivity contribution in [1.82, 2.24) is 0 Å². The highest BCUT2D eigenvalue weighted by molar-refractivity contribution is 7.89. The Morgan fingerprint density at radius 3 is 2.68 bits per heavy atom. The maximum absolute atomic E-state index is 13.2. The lowest BCUT2D eigenvalue weighted by atomic mass is 10.1. The molecule has 1 fully saturated rings. The number of hydrogen-bond donors (Lipinski definition) is 1. The summed E-state index contributed by atoms with van der Waals surface area (Å²) in [5.74, 6) is -2.72. The Balaban J connectivity index is 2.26. The van der Waals surface area contributed by atoms with Crippen LogP contribution in [0.3, 0.4) is 0 Å². The first-order valence-corrected chi connectivity index (χ1v) is 7.92. The van der Waals surface area contributed by atoms with Gasteiger partial charge in [-0.2, -0.15) is 8.78 Å². The second kappa shape index (κ2) is 6.13. The first-order valence-electron chi connectivity index (χ1n) is 6.21. The Bertz CT molecular complexity index is 681. The number of ether oxygens (including phenoxy) is 1. The lowest BCUT2D eigenvalue weighted by Gasteiger charge is -2.20. The van der Waals surface area contributed by atoms with Crippen molar-refractivity contribution in [3.63, 3.8) is 0 Å². The van der Waals surface area contributed by atoms with Crippen LogP contribution >= 0.6 is 0 Å². The van der Waals surface area contributed by atoms with Gasteiger partial charge in [-0.1, -0.05) is 0 Å². The number of primary sulfonamides is 1. The molecule has 1 unspecified atom stereocenters. The summed E-state index contributed by atoms with van der Waals surface area (Å²) < 4.78 is 64.2. The molecule has 0 spiro atoms. The third-order valence-electron chi connectivity index (χ3n) is 3.10. The summed E-state index contributed by atoms with van der Waals surface area (Å²) in [5, 5.41) is 4.93. The Morgan fingerprint density at radius 2 is 2.09 bits per heavy atom. The lowest BCUT2D eigenvalue weighted by molar-refractivity contribution is -0.117. The zero-order valence-electron chi connectivity index (χ0n) is 11.2. The molecule has 1 amide bonds. The summed E-state index contributed by atoms with van der Waals surface area (Å²) in [6, 6.07) is 2.86. The van der Waals surface area contributed by atoms with Crippen LogP contribution in [0.4, 0.5) is 18.9 Å². The van der Waals surface area contributed by atoms with Gasteiger partial charge >= 0.3 is 6.61 Å². The fourth-order valence-corrected chi connectivity index (χ4v) is 3.24. The Labute approximate surface area is 124 Å². The highest BCUT2D eigenvalue weighted by Crippen LogP contribution is 2.34. The number of hydrogen-bond acceptors (Lipinski definition) is 4. The van der Waals surface area contributed by atoms with Crippen molar-refractivity contribution in [3.8, 4) is 5.75 Å². The van der Waals surface area contributed by atoms with E-state index in [9.17, 15) is 26.4 Å². The number of benzene rings is 1. The molecule has 0 radical (unpaired) electrons. The summed E-state index contributed by atoms with van der Waals surface area (Å²) >= 11 is 0. The fourth-order valence-electron chi connectivity index (χ4n) is 2.36. The maximum Gasteiger partial charge on any atom is 0.387 e. The molecule has 0 aliphatic carbocycles. The number of carbonyl (C=O) groups is 1. The molecule has 0 saturated carbocycles. The van der Waals surface area contributed by atoms with E-state index in [0.717, 1.165) is 23.1 Å². The van der Waals surface area contributed by atoms with Crippen molar-refractivity contribution in [2.75, 3.05) is 17.2 Å². The molecule has 1 atom stereocenters. The molecule has 1 aliphatic heterocycles. The van der Waals surface area contributed by atoms with Crippen molar-refractivity contribution in [1.29, 1.82) is 0 Å². The summed E-state index contributed by atoms with van der Waals surface area (Å²) in [6.07, 6.45) is -0.0953. The van der Waals surface area contributed by atoms with Crippen molar-refractivity contribution >= 4 is 21.6 Å². The van der Waals surface area contributed by atoms with E-state index in [1.807, 2.05) is 0 Å². The van der Waals surface area contributed by atoms with Crippen LogP contribution in [0.25, 0.3) is 0 Å². The molecule has 1 aliphatic rings. The number of halogens is 3. The predicted octanol–water partition coefficient (Wildman–Crippen LogP) is 1.07. The third kappa shape index (κ3) is 4.10. The first-order chi connectivity index (χ1) is 10.2. The van der Waals surface area contributed by atoms with Crippen LogP contribution in [0, 0.1) is 11.7 Å². The van der Waals surface area contributed by atoms with Gasteiger partial charge in [0.05, 0.1) is 11.4 Å². The number of sulfonamides is 1. The summed E-state index contributed by atoms with van der Waals surface area (Å²) in [5.41, 5.74) is -0.0383. The molecular weight excluding hydrogens is 325 g/mol. The van der Waals surface area contributed by atoms with E-state index < -0.39 is 45.8 Å². The molecule has 122 valence electrons. The van der Waals surface area contributed by atoms with Crippen LogP contribution in [-0.4, -0.2) is 33.2 Å². The van der Waals surface area contributed by atoms with E-state index in [-0.39, 0.29) is 18.7 Å². The van der Waals surface area contributed by atoms with Crippen molar-refractivity contribution in [2.45, 2.75) is 13.0 Å². The molecule has 1 heterocycles. The summed E-state index contributed by atoms with van der Waals surface area (Å²) in [7, 11) is -3.76. The number of anilines is 1. The predicted molar refractivity (Wildman–Crippen MR) is 71.5 cm³/mol. The molecule has 0 aromatic heterocycles. The van der Waals surface area contributed by atoms with Crippen molar-refractivity contribution < 1.29 is 31.1 Å². The summed E-state index contributed by atoms with van der Waals surface area (Å²) in [4.78, 5) is 13.0. The number of nitrogens with two attached hydrogens (primary N) is 1. The van der Waals surface area contributed by atoms with Gasteiger partial charge in [0, 0.05) is 24.9 Å². The molecule has 1 aromatic carbocycles. The Hall–Kier alpha value is -1.81. The minimum atomic E-state index is -3.76. The average molecular weight is 338 g/mol. The van der Waals surface area contributed by atoms with Gasteiger partial charge in [-0.25, -0.2) is 17.9 Å². The topological polar surface area (TPSA) is 89.7 Å². The van der Waals surface area contributed by atoms with Gasteiger partial charge in [-0.3, -0.25) is 4.79 Å². The Morgan fingerprint density at radius 1 is 1.41 bits per heavy atom. The number of carbonyl (C=O) groups excluding carboxylic acids is 1. The Kier molecular flexibility index (Phi) is 4.61. The average Bonchev–Trinajstić information content (AvgIpc) is 2.67. The van der Waals surface area contributed by atoms with Crippen LogP contribution in [-0.2, 0) is 14.8 Å². The van der Waals surface area contributed by atoms with Gasteiger partial charge in [0.15, 0.2) is 5.75 Å². The van der Waals surface area contributed by atoms with Gasteiger partial charge in [0.2, 0.25) is 15.9 Å². The molecule has 2 rings (SSSR count). The standard InChI is InChI=1S/C12H13F3N2O4S/c13-8-1-2-9(10(4-8)21-12(14)15)17-5-7(3-11(17)18)6-22(16,19)20/h1-2,4,7,12H,3,5-6H2,(H2,16,19,20). The van der Waals surface area contributed by atoms with Gasteiger partial charge in [0.1, 0.15) is 5.82 Å². The quantitative estimate of drug-likeness (QED) is 0.869. The maximum atomic E-state index is 13.2. The first kappa shape index (κ1) is 16.6. The smallest absolute Gasteiger partial charge is 0.387 e. The second-order valence-corrected chi connectivity index (χ2v) is 6.55. The molecule has 1 saturated heterocycles. The van der Waals surface area contributed by atoms with Crippen LogP contribution < -0.4 is 14.8 Å². The monoisotopic (exact) mass is 338 g/mol. The third-order valence-corrected chi connectivity index (χ3v) is 4.04. The largest absolute Gasteiger partial charge is 0.432 e. The van der Waals surface area contributed by atoms with E-state index >= 15 is 0 Å². The van der Waals surface area contributed by atoms with Crippen molar-refractivity contribution in [3.05, 3.63) is 24.0 Å². The van der Waals surface area contributed by atoms with E-state index in [0.29, 0.717) is 0 Å². The SMILES string of the molecule is NS(=O)(=O)CC1CC(=O)N(c2ccc(F)cc2OC(F)F)C1. The lowest BCUT2D eigenvalue weighted by Crippen LogP contribution is -2.28. The van der Waals surface area contributed by atoms with E-state index in [1.165, 1.54) is 0 Å². The molecule has 10 heteroatoms. The van der Waals surface area contributed by atoms with Crippen molar-refractivity contribution in [2.24, 2.45) is 11.1 Å². The highest BCUT2D eigenvalue weighted by atomic mass is 32.2.